The molecule has 0 unspecified atom stereocenters. The molecule has 3 amide bonds. The second kappa shape index (κ2) is 11.8. The van der Waals surface area contributed by atoms with Crippen molar-refractivity contribution >= 4 is 17.7 Å². The number of likely N-dealkylation sites (tertiary alicyclic amines) is 1. The average Bonchev–Trinajstić information content (AvgIpc) is 3.59. The lowest BCUT2D eigenvalue weighted by Gasteiger charge is -2.34. The van der Waals surface area contributed by atoms with Gasteiger partial charge in [-0.05, 0) is 63.1 Å². The average molecular weight is 512 g/mol. The summed E-state index contributed by atoms with van der Waals surface area (Å²) in [7, 11) is 0. The number of aryl methyl sites for hydroxylation is 1. The van der Waals surface area contributed by atoms with E-state index in [1.807, 2.05) is 13.0 Å². The van der Waals surface area contributed by atoms with E-state index >= 15 is 0 Å². The molecule has 2 heterocycles. The Labute approximate surface area is 216 Å². The van der Waals surface area contributed by atoms with Crippen molar-refractivity contribution in [3.63, 3.8) is 0 Å². The Balaban J connectivity index is 1.33. The SMILES string of the molecule is Cc1cc(C[C@@H](CNC(=O)C[C@H](C)N)C(=O)N2CCC(NC(=O)c3cc(C4CC4)on3)CC2)ccc1O. The number of nitrogens with two attached hydrogens (primary N) is 1. The first kappa shape index (κ1) is 26.7. The summed E-state index contributed by atoms with van der Waals surface area (Å²) in [5.41, 5.74) is 7.68. The van der Waals surface area contributed by atoms with E-state index in [9.17, 15) is 19.5 Å². The van der Waals surface area contributed by atoms with Gasteiger partial charge in [0.15, 0.2) is 5.69 Å². The van der Waals surface area contributed by atoms with E-state index in [4.69, 9.17) is 10.3 Å². The Bertz CT molecular complexity index is 1120. The highest BCUT2D eigenvalue weighted by atomic mass is 16.5. The van der Waals surface area contributed by atoms with Gasteiger partial charge < -0.3 is 30.9 Å². The van der Waals surface area contributed by atoms with E-state index in [-0.39, 0.29) is 48.5 Å². The Morgan fingerprint density at radius 2 is 1.92 bits per heavy atom. The van der Waals surface area contributed by atoms with Gasteiger partial charge >= 0.3 is 0 Å². The van der Waals surface area contributed by atoms with Crippen molar-refractivity contribution in [2.24, 2.45) is 11.7 Å². The highest BCUT2D eigenvalue weighted by molar-refractivity contribution is 5.92. The number of aromatic hydroxyl groups is 1. The van der Waals surface area contributed by atoms with Crippen molar-refractivity contribution in [1.82, 2.24) is 20.7 Å². The fourth-order valence-electron chi connectivity index (χ4n) is 4.70. The van der Waals surface area contributed by atoms with Crippen LogP contribution in [-0.2, 0) is 16.0 Å². The maximum atomic E-state index is 13.5. The number of aromatic nitrogens is 1. The standard InChI is InChI=1S/C27H37N5O5/c1-16-11-18(3-6-23(16)33)13-20(15-29-25(34)12-17(2)28)27(36)32-9-7-21(8-10-32)30-26(35)22-14-24(37-31-22)19-4-5-19/h3,6,11,14,17,19-21,33H,4-5,7-10,12-13,15,28H2,1-2H3,(H,29,34)(H,30,35)/t17-,20-/m0/s1. The molecule has 5 N–H and O–H groups in total. The molecule has 10 nitrogen and oxygen atoms in total. The number of carbonyl (C=O) groups is 3. The zero-order chi connectivity index (χ0) is 26.5. The molecule has 0 radical (unpaired) electrons. The maximum Gasteiger partial charge on any atom is 0.273 e. The van der Waals surface area contributed by atoms with Crippen molar-refractivity contribution in [1.29, 1.82) is 0 Å². The van der Waals surface area contributed by atoms with Crippen LogP contribution in [0.4, 0.5) is 0 Å². The topological polar surface area (TPSA) is 151 Å². The van der Waals surface area contributed by atoms with Crippen LogP contribution in [0, 0.1) is 12.8 Å². The highest BCUT2D eigenvalue weighted by Gasteiger charge is 2.31. The summed E-state index contributed by atoms with van der Waals surface area (Å²) in [5.74, 6) is 0.436. The predicted octanol–water partition coefficient (Wildman–Crippen LogP) is 2.00. The molecule has 1 aliphatic heterocycles. The molecule has 2 atom stereocenters. The molecule has 37 heavy (non-hydrogen) atoms. The second-order valence-electron chi connectivity index (χ2n) is 10.5. The Kier molecular flexibility index (Phi) is 8.48. The monoisotopic (exact) mass is 511 g/mol. The van der Waals surface area contributed by atoms with Crippen LogP contribution < -0.4 is 16.4 Å². The first-order valence-corrected chi connectivity index (χ1v) is 13.1. The molecule has 10 heteroatoms. The lowest BCUT2D eigenvalue weighted by Crippen LogP contribution is -2.50. The molecule has 0 spiro atoms. The van der Waals surface area contributed by atoms with Gasteiger partial charge in [-0.25, -0.2) is 0 Å². The zero-order valence-corrected chi connectivity index (χ0v) is 21.5. The summed E-state index contributed by atoms with van der Waals surface area (Å²) in [5, 5.41) is 19.6. The molecule has 2 fully saturated rings. The van der Waals surface area contributed by atoms with Crippen LogP contribution in [0.15, 0.2) is 28.8 Å². The van der Waals surface area contributed by atoms with Gasteiger partial charge in [-0.3, -0.25) is 14.4 Å². The van der Waals surface area contributed by atoms with Gasteiger partial charge in [0.05, 0.1) is 5.92 Å². The van der Waals surface area contributed by atoms with Crippen LogP contribution in [0.5, 0.6) is 5.75 Å². The van der Waals surface area contributed by atoms with Gasteiger partial charge in [-0.15, -0.1) is 0 Å². The van der Waals surface area contributed by atoms with Gasteiger partial charge in [-0.1, -0.05) is 17.3 Å². The van der Waals surface area contributed by atoms with Crippen molar-refractivity contribution in [2.45, 2.75) is 70.4 Å². The van der Waals surface area contributed by atoms with E-state index in [0.29, 0.717) is 44.0 Å². The smallest absolute Gasteiger partial charge is 0.273 e. The number of hydrogen-bond acceptors (Lipinski definition) is 7. The molecule has 0 bridgehead atoms. The number of phenols is 1. The first-order chi connectivity index (χ1) is 17.7. The van der Waals surface area contributed by atoms with Crippen LogP contribution in [0.3, 0.4) is 0 Å². The third-order valence-corrected chi connectivity index (χ3v) is 7.03. The largest absolute Gasteiger partial charge is 0.508 e. The number of benzene rings is 1. The van der Waals surface area contributed by atoms with E-state index in [0.717, 1.165) is 29.7 Å². The minimum absolute atomic E-state index is 0.0397. The molecular weight excluding hydrogens is 474 g/mol. The summed E-state index contributed by atoms with van der Waals surface area (Å²) in [6.45, 7) is 4.80. The molecule has 1 aromatic heterocycles. The van der Waals surface area contributed by atoms with Gasteiger partial charge in [0.1, 0.15) is 11.5 Å². The zero-order valence-electron chi connectivity index (χ0n) is 21.5. The van der Waals surface area contributed by atoms with E-state index in [1.165, 1.54) is 0 Å². The van der Waals surface area contributed by atoms with Crippen molar-refractivity contribution in [2.75, 3.05) is 19.6 Å². The van der Waals surface area contributed by atoms with Crippen LogP contribution in [0.25, 0.3) is 0 Å². The molecule has 1 aromatic carbocycles. The summed E-state index contributed by atoms with van der Waals surface area (Å²) in [6.07, 6.45) is 4.04. The minimum Gasteiger partial charge on any atom is -0.508 e. The summed E-state index contributed by atoms with van der Waals surface area (Å²) in [6, 6.07) is 6.69. The molecule has 1 saturated carbocycles. The number of rotatable bonds is 10. The van der Waals surface area contributed by atoms with Gasteiger partial charge in [-0.2, -0.15) is 0 Å². The molecule has 200 valence electrons. The molecule has 2 aliphatic rings. The van der Waals surface area contributed by atoms with Crippen molar-refractivity contribution in [3.05, 3.63) is 46.8 Å². The normalized spacial score (nSPS) is 17.8. The molecule has 1 saturated heterocycles. The summed E-state index contributed by atoms with van der Waals surface area (Å²) in [4.78, 5) is 40.1. The van der Waals surface area contributed by atoms with E-state index in [2.05, 4.69) is 15.8 Å². The number of nitrogens with one attached hydrogen (secondary N) is 2. The Morgan fingerprint density at radius 3 is 2.57 bits per heavy atom. The second-order valence-corrected chi connectivity index (χ2v) is 10.5. The third-order valence-electron chi connectivity index (χ3n) is 7.03. The number of amides is 3. The van der Waals surface area contributed by atoms with Crippen LogP contribution in [-0.4, -0.2) is 64.6 Å². The lowest BCUT2D eigenvalue weighted by atomic mass is 9.94. The van der Waals surface area contributed by atoms with Crippen LogP contribution in [0.2, 0.25) is 0 Å². The number of phenolic OH excluding ortho intramolecular Hbond substituents is 1. The first-order valence-electron chi connectivity index (χ1n) is 13.1. The van der Waals surface area contributed by atoms with E-state index in [1.54, 1.807) is 30.0 Å². The quantitative estimate of drug-likeness (QED) is 0.381. The highest BCUT2D eigenvalue weighted by Crippen LogP contribution is 2.40. The number of nitrogens with zero attached hydrogens (tertiary/aromatic N) is 2. The number of carbonyl (C=O) groups excluding carboxylic acids is 3. The molecular formula is C27H37N5O5. The molecule has 4 rings (SSSR count). The maximum absolute atomic E-state index is 13.5. The van der Waals surface area contributed by atoms with Gasteiger partial charge in [0, 0.05) is 50.1 Å². The summed E-state index contributed by atoms with van der Waals surface area (Å²) < 4.78 is 5.28. The fourth-order valence-corrected chi connectivity index (χ4v) is 4.70. The minimum atomic E-state index is -0.455. The number of hydrogen-bond donors (Lipinski definition) is 4. The van der Waals surface area contributed by atoms with Crippen molar-refractivity contribution < 1.29 is 24.0 Å². The lowest BCUT2D eigenvalue weighted by molar-refractivity contribution is -0.136. The molecule has 1 aliphatic carbocycles. The molecule has 2 aromatic rings. The van der Waals surface area contributed by atoms with Crippen LogP contribution in [0.1, 0.15) is 72.3 Å². The van der Waals surface area contributed by atoms with E-state index < -0.39 is 5.92 Å². The predicted molar refractivity (Wildman–Crippen MR) is 137 cm³/mol. The van der Waals surface area contributed by atoms with Gasteiger partial charge in [0.2, 0.25) is 11.8 Å². The summed E-state index contributed by atoms with van der Waals surface area (Å²) >= 11 is 0. The van der Waals surface area contributed by atoms with Gasteiger partial charge in [0.25, 0.3) is 5.91 Å². The number of piperidine rings is 1. The fraction of sp³-hybridized carbons (Fsp3) is 0.556. The third kappa shape index (κ3) is 7.31. The Hall–Kier alpha value is -3.40. The van der Waals surface area contributed by atoms with Crippen molar-refractivity contribution in [3.8, 4) is 5.75 Å². The van der Waals surface area contributed by atoms with Crippen LogP contribution >= 0.6 is 0 Å². The Morgan fingerprint density at radius 1 is 1.19 bits per heavy atom.